The standard InChI is InChI=1S/C25H28N2O4/c1-5-30-25(29)22-15(2)26-19-13-17(16-8-10-18(11-9-16)27(3)4)14-20(28)23(19)24(22)21-7-6-12-31-21/h6-12,17,22,24H,5,13-14H2,1-4H3/t17-,22?,24+/m0/s1. The van der Waals surface area contributed by atoms with Gasteiger partial charge in [-0.25, -0.2) is 0 Å². The zero-order chi connectivity index (χ0) is 22.1. The van der Waals surface area contributed by atoms with E-state index < -0.39 is 11.8 Å². The fourth-order valence-electron chi connectivity index (χ4n) is 4.65. The second-order valence-corrected chi connectivity index (χ2v) is 8.35. The number of rotatable bonds is 5. The molecule has 0 spiro atoms. The lowest BCUT2D eigenvalue weighted by molar-refractivity contribution is -0.146. The van der Waals surface area contributed by atoms with E-state index in [0.717, 1.165) is 16.9 Å². The van der Waals surface area contributed by atoms with Gasteiger partial charge in [-0.2, -0.15) is 0 Å². The van der Waals surface area contributed by atoms with Crippen molar-refractivity contribution in [1.29, 1.82) is 0 Å². The zero-order valence-electron chi connectivity index (χ0n) is 18.4. The van der Waals surface area contributed by atoms with Crippen LogP contribution < -0.4 is 4.90 Å². The summed E-state index contributed by atoms with van der Waals surface area (Å²) in [5.74, 6) is -0.825. The molecule has 6 nitrogen and oxygen atoms in total. The Hall–Kier alpha value is -3.15. The lowest BCUT2D eigenvalue weighted by Gasteiger charge is -2.35. The molecule has 162 valence electrons. The third-order valence-corrected chi connectivity index (χ3v) is 6.16. The van der Waals surface area contributed by atoms with Crippen molar-refractivity contribution in [2.24, 2.45) is 10.9 Å². The van der Waals surface area contributed by atoms with Gasteiger partial charge in [0.2, 0.25) is 0 Å². The first-order valence-electron chi connectivity index (χ1n) is 10.7. The van der Waals surface area contributed by atoms with Gasteiger partial charge < -0.3 is 14.1 Å². The minimum Gasteiger partial charge on any atom is -0.469 e. The first kappa shape index (κ1) is 21.1. The Bertz CT molecular complexity index is 1030. The summed E-state index contributed by atoms with van der Waals surface area (Å²) in [5.41, 5.74) is 4.26. The summed E-state index contributed by atoms with van der Waals surface area (Å²) < 4.78 is 11.0. The second-order valence-electron chi connectivity index (χ2n) is 8.35. The van der Waals surface area contributed by atoms with Crippen LogP contribution in [0.25, 0.3) is 0 Å². The molecule has 1 aliphatic heterocycles. The van der Waals surface area contributed by atoms with Crippen molar-refractivity contribution in [2.75, 3.05) is 25.6 Å². The number of benzene rings is 1. The van der Waals surface area contributed by atoms with Crippen molar-refractivity contribution >= 4 is 23.2 Å². The van der Waals surface area contributed by atoms with Gasteiger partial charge in [-0.1, -0.05) is 12.1 Å². The number of furan rings is 1. The molecule has 3 atom stereocenters. The Labute approximate surface area is 182 Å². The van der Waals surface area contributed by atoms with Gasteiger partial charge in [0.1, 0.15) is 11.7 Å². The molecule has 0 fully saturated rings. The number of Topliss-reactive ketones (excluding diaryl/α,β-unsaturated/α-hetero) is 1. The maximum atomic E-state index is 13.4. The summed E-state index contributed by atoms with van der Waals surface area (Å²) in [4.78, 5) is 33.0. The molecule has 31 heavy (non-hydrogen) atoms. The Morgan fingerprint density at radius 2 is 1.94 bits per heavy atom. The Kier molecular flexibility index (Phi) is 5.81. The monoisotopic (exact) mass is 420 g/mol. The third kappa shape index (κ3) is 3.94. The molecule has 2 aliphatic rings. The van der Waals surface area contributed by atoms with E-state index in [0.29, 0.717) is 29.9 Å². The van der Waals surface area contributed by atoms with Crippen molar-refractivity contribution in [3.05, 3.63) is 65.3 Å². The largest absolute Gasteiger partial charge is 0.469 e. The molecule has 0 saturated heterocycles. The molecule has 2 aromatic rings. The zero-order valence-corrected chi connectivity index (χ0v) is 18.4. The summed E-state index contributed by atoms with van der Waals surface area (Å²) in [6.45, 7) is 3.89. The number of carbonyl (C=O) groups is 2. The summed E-state index contributed by atoms with van der Waals surface area (Å²) in [7, 11) is 4.01. The van der Waals surface area contributed by atoms with Gasteiger partial charge in [-0.3, -0.25) is 14.6 Å². The SMILES string of the molecule is CCOC(=O)C1C(C)=NC2=C(C(=O)C[C@@H](c3ccc(N(C)C)cc3)C2)[C@@H]1c1ccco1. The van der Waals surface area contributed by atoms with E-state index in [9.17, 15) is 9.59 Å². The van der Waals surface area contributed by atoms with Crippen LogP contribution in [-0.2, 0) is 14.3 Å². The van der Waals surface area contributed by atoms with Crippen LogP contribution in [0.2, 0.25) is 0 Å². The minimum absolute atomic E-state index is 0.0230. The minimum atomic E-state index is -0.648. The molecule has 1 aromatic heterocycles. The van der Waals surface area contributed by atoms with Gasteiger partial charge in [0, 0.05) is 43.2 Å². The van der Waals surface area contributed by atoms with Crippen LogP contribution in [0.15, 0.2) is 63.3 Å². The lowest BCUT2D eigenvalue weighted by atomic mass is 9.71. The van der Waals surface area contributed by atoms with Gasteiger partial charge in [0.15, 0.2) is 5.78 Å². The molecule has 0 N–H and O–H groups in total. The van der Waals surface area contributed by atoms with Gasteiger partial charge in [0.05, 0.1) is 18.8 Å². The number of allylic oxidation sites excluding steroid dienone is 2. The first-order chi connectivity index (χ1) is 14.9. The summed E-state index contributed by atoms with van der Waals surface area (Å²) >= 11 is 0. The maximum Gasteiger partial charge on any atom is 0.315 e. The van der Waals surface area contributed by atoms with Crippen LogP contribution in [-0.4, -0.2) is 38.2 Å². The van der Waals surface area contributed by atoms with E-state index in [-0.39, 0.29) is 24.3 Å². The number of esters is 1. The van der Waals surface area contributed by atoms with Crippen LogP contribution in [0.1, 0.15) is 49.8 Å². The molecule has 2 heterocycles. The molecule has 1 aliphatic carbocycles. The van der Waals surface area contributed by atoms with Crippen molar-refractivity contribution < 1.29 is 18.7 Å². The van der Waals surface area contributed by atoms with Gasteiger partial charge >= 0.3 is 5.97 Å². The average Bonchev–Trinajstić information content (AvgIpc) is 3.27. The highest BCUT2D eigenvalue weighted by molar-refractivity contribution is 6.09. The van der Waals surface area contributed by atoms with E-state index in [1.165, 1.54) is 0 Å². The van der Waals surface area contributed by atoms with Crippen LogP contribution in [0.3, 0.4) is 0 Å². The molecule has 1 aromatic carbocycles. The highest BCUT2D eigenvalue weighted by Crippen LogP contribution is 2.47. The number of carbonyl (C=O) groups excluding carboxylic acids is 2. The number of hydrogen-bond donors (Lipinski definition) is 0. The summed E-state index contributed by atoms with van der Waals surface area (Å²) in [5, 5.41) is 0. The van der Waals surface area contributed by atoms with Gasteiger partial charge in [-0.15, -0.1) is 0 Å². The van der Waals surface area contributed by atoms with Crippen molar-refractivity contribution in [1.82, 2.24) is 0 Å². The third-order valence-electron chi connectivity index (χ3n) is 6.16. The van der Waals surface area contributed by atoms with E-state index in [1.807, 2.05) is 27.1 Å². The van der Waals surface area contributed by atoms with Crippen LogP contribution in [0.4, 0.5) is 5.69 Å². The Morgan fingerprint density at radius 1 is 1.19 bits per heavy atom. The molecule has 4 rings (SSSR count). The molecule has 0 radical (unpaired) electrons. The number of ketones is 1. The van der Waals surface area contributed by atoms with E-state index in [1.54, 1.807) is 19.3 Å². The summed E-state index contributed by atoms with van der Waals surface area (Å²) in [6, 6.07) is 11.9. The van der Waals surface area contributed by atoms with E-state index in [4.69, 9.17) is 14.1 Å². The predicted octanol–water partition coefficient (Wildman–Crippen LogP) is 4.48. The summed E-state index contributed by atoms with van der Waals surface area (Å²) in [6.07, 6.45) is 2.62. The fraction of sp³-hybridized carbons (Fsp3) is 0.400. The highest BCUT2D eigenvalue weighted by atomic mass is 16.5. The van der Waals surface area contributed by atoms with Crippen molar-refractivity contribution in [3.8, 4) is 0 Å². The number of hydrogen-bond acceptors (Lipinski definition) is 6. The maximum absolute atomic E-state index is 13.4. The first-order valence-corrected chi connectivity index (χ1v) is 10.7. The lowest BCUT2D eigenvalue weighted by Crippen LogP contribution is -2.38. The quantitative estimate of drug-likeness (QED) is 0.667. The predicted molar refractivity (Wildman–Crippen MR) is 119 cm³/mol. The van der Waals surface area contributed by atoms with Crippen molar-refractivity contribution in [3.63, 3.8) is 0 Å². The Morgan fingerprint density at radius 3 is 2.55 bits per heavy atom. The number of anilines is 1. The van der Waals surface area contributed by atoms with E-state index in [2.05, 4.69) is 29.2 Å². The molecule has 6 heteroatoms. The second kappa shape index (κ2) is 8.53. The van der Waals surface area contributed by atoms with Crippen LogP contribution >= 0.6 is 0 Å². The normalized spacial score (nSPS) is 23.3. The van der Waals surface area contributed by atoms with Gasteiger partial charge in [0.25, 0.3) is 0 Å². The molecular weight excluding hydrogens is 392 g/mol. The molecule has 1 unspecified atom stereocenters. The smallest absolute Gasteiger partial charge is 0.315 e. The Balaban J connectivity index is 1.72. The van der Waals surface area contributed by atoms with Crippen molar-refractivity contribution in [2.45, 2.75) is 38.5 Å². The average molecular weight is 421 g/mol. The number of aliphatic imine (C=N–C) groups is 1. The van der Waals surface area contributed by atoms with Crippen LogP contribution in [0.5, 0.6) is 0 Å². The fourth-order valence-corrected chi connectivity index (χ4v) is 4.65. The number of ether oxygens (including phenoxy) is 1. The molecule has 0 bridgehead atoms. The van der Waals surface area contributed by atoms with Crippen LogP contribution in [0, 0.1) is 5.92 Å². The molecular formula is C25H28N2O4. The topological polar surface area (TPSA) is 72.1 Å². The molecule has 0 amide bonds. The highest BCUT2D eigenvalue weighted by Gasteiger charge is 2.45. The number of nitrogens with zero attached hydrogens (tertiary/aromatic N) is 2. The van der Waals surface area contributed by atoms with E-state index >= 15 is 0 Å². The van der Waals surface area contributed by atoms with Gasteiger partial charge in [-0.05, 0) is 56.0 Å². The molecule has 0 saturated carbocycles.